The van der Waals surface area contributed by atoms with Crippen LogP contribution in [0.15, 0.2) is 12.7 Å². The van der Waals surface area contributed by atoms with Gasteiger partial charge in [0.25, 0.3) is 5.82 Å². The maximum Gasteiger partial charge on any atom is 0.417 e. The zero-order valence-electron chi connectivity index (χ0n) is 9.57. The van der Waals surface area contributed by atoms with E-state index in [-0.39, 0.29) is 18.4 Å². The van der Waals surface area contributed by atoms with Gasteiger partial charge >= 0.3 is 12.1 Å². The molecular formula is C10H12N4O4. The molecule has 0 saturated heterocycles. The third kappa shape index (κ3) is 2.17. The van der Waals surface area contributed by atoms with Crippen molar-refractivity contribution < 1.29 is 19.4 Å². The molecule has 0 spiro atoms. The van der Waals surface area contributed by atoms with Crippen LogP contribution in [0.5, 0.6) is 0 Å². The number of carboxylic acids is 1. The third-order valence-corrected chi connectivity index (χ3v) is 2.38. The minimum Gasteiger partial charge on any atom is -0.475 e. The summed E-state index contributed by atoms with van der Waals surface area (Å²) in [6, 6.07) is 0. The van der Waals surface area contributed by atoms with E-state index < -0.39 is 12.1 Å². The van der Waals surface area contributed by atoms with Gasteiger partial charge in [-0.1, -0.05) is 12.7 Å². The van der Waals surface area contributed by atoms with Crippen LogP contribution in [0.3, 0.4) is 0 Å². The van der Waals surface area contributed by atoms with Crippen molar-refractivity contribution in [2.45, 2.75) is 13.0 Å². The summed E-state index contributed by atoms with van der Waals surface area (Å²) in [4.78, 5) is 27.6. The van der Waals surface area contributed by atoms with Crippen LogP contribution in [0.4, 0.5) is 10.7 Å². The molecule has 2 heterocycles. The second-order valence-electron chi connectivity index (χ2n) is 3.63. The topological polar surface area (TPSA) is 97.6 Å². The molecule has 0 radical (unpaired) electrons. The third-order valence-electron chi connectivity index (χ3n) is 2.38. The number of hydrogen-bond acceptors (Lipinski definition) is 5. The molecule has 0 aliphatic carbocycles. The first-order valence-electron chi connectivity index (χ1n) is 5.37. The van der Waals surface area contributed by atoms with Gasteiger partial charge in [-0.05, 0) is 6.42 Å². The maximum absolute atomic E-state index is 11.7. The molecule has 1 aliphatic heterocycles. The van der Waals surface area contributed by atoms with Crippen LogP contribution in [0.2, 0.25) is 0 Å². The van der Waals surface area contributed by atoms with E-state index in [1.165, 1.54) is 15.7 Å². The Kier molecular flexibility index (Phi) is 3.26. The Morgan fingerprint density at radius 1 is 1.50 bits per heavy atom. The molecule has 1 N–H and O–H groups in total. The van der Waals surface area contributed by atoms with E-state index in [0.29, 0.717) is 19.5 Å². The summed E-state index contributed by atoms with van der Waals surface area (Å²) in [6.45, 7) is 4.49. The van der Waals surface area contributed by atoms with Crippen molar-refractivity contribution >= 4 is 18.0 Å². The number of amides is 1. The Hall–Kier alpha value is -2.38. The van der Waals surface area contributed by atoms with Gasteiger partial charge in [0.2, 0.25) is 5.95 Å². The van der Waals surface area contributed by atoms with Crippen molar-refractivity contribution in [2.24, 2.45) is 0 Å². The highest BCUT2D eigenvalue weighted by atomic mass is 16.6. The molecule has 0 bridgehead atoms. The second kappa shape index (κ2) is 4.86. The Balaban J connectivity index is 2.24. The van der Waals surface area contributed by atoms with Gasteiger partial charge in [-0.15, -0.1) is 5.10 Å². The van der Waals surface area contributed by atoms with Gasteiger partial charge in [0.05, 0.1) is 0 Å². The molecule has 8 nitrogen and oxygen atoms in total. The predicted octanol–water partition coefficient (Wildman–Crippen LogP) is 0.509. The van der Waals surface area contributed by atoms with Crippen molar-refractivity contribution in [3.63, 3.8) is 0 Å². The fraction of sp³-hybridized carbons (Fsp3) is 0.400. The Bertz CT molecular complexity index is 496. The van der Waals surface area contributed by atoms with Gasteiger partial charge in [-0.2, -0.15) is 4.98 Å². The highest BCUT2D eigenvalue weighted by molar-refractivity contribution is 5.88. The van der Waals surface area contributed by atoms with Gasteiger partial charge in [-0.3, -0.25) is 0 Å². The van der Waals surface area contributed by atoms with Gasteiger partial charge < -0.3 is 9.84 Å². The molecular weight excluding hydrogens is 240 g/mol. The largest absolute Gasteiger partial charge is 0.475 e. The number of nitrogens with zero attached hydrogens (tertiary/aromatic N) is 4. The lowest BCUT2D eigenvalue weighted by molar-refractivity contribution is 0.0683. The zero-order valence-corrected chi connectivity index (χ0v) is 9.57. The number of carbonyl (C=O) groups excluding carboxylic acids is 1. The molecule has 0 unspecified atom stereocenters. The molecule has 0 atom stereocenters. The van der Waals surface area contributed by atoms with Crippen molar-refractivity contribution in [1.82, 2.24) is 14.8 Å². The molecule has 8 heteroatoms. The van der Waals surface area contributed by atoms with Crippen molar-refractivity contribution in [2.75, 3.05) is 18.1 Å². The molecule has 1 aromatic rings. The van der Waals surface area contributed by atoms with Crippen molar-refractivity contribution in [3.05, 3.63) is 18.5 Å². The van der Waals surface area contributed by atoms with Crippen molar-refractivity contribution in [1.29, 1.82) is 0 Å². The van der Waals surface area contributed by atoms with E-state index in [2.05, 4.69) is 16.7 Å². The summed E-state index contributed by atoms with van der Waals surface area (Å²) in [6.07, 6.45) is 1.54. The summed E-state index contributed by atoms with van der Waals surface area (Å²) >= 11 is 0. The monoisotopic (exact) mass is 252 g/mol. The number of carbonyl (C=O) groups is 2. The smallest absolute Gasteiger partial charge is 0.417 e. The fourth-order valence-corrected chi connectivity index (χ4v) is 1.63. The van der Waals surface area contributed by atoms with E-state index in [9.17, 15) is 9.59 Å². The first-order valence-corrected chi connectivity index (χ1v) is 5.37. The molecule has 1 aromatic heterocycles. The van der Waals surface area contributed by atoms with E-state index in [1.807, 2.05) is 0 Å². The standard InChI is InChI=1S/C10H12N4O4/c1-2-6-18-10(17)13-4-3-5-14-9(13)11-7(12-14)8(15)16/h2H,1,3-6H2,(H,15,16). The normalized spacial score (nSPS) is 13.9. The highest BCUT2D eigenvalue weighted by Crippen LogP contribution is 2.19. The minimum absolute atomic E-state index is 0.0925. The quantitative estimate of drug-likeness (QED) is 0.787. The lowest BCUT2D eigenvalue weighted by atomic mass is 10.3. The lowest BCUT2D eigenvalue weighted by Gasteiger charge is -2.24. The van der Waals surface area contributed by atoms with E-state index in [0.717, 1.165) is 0 Å². The average molecular weight is 252 g/mol. The molecule has 2 rings (SSSR count). The van der Waals surface area contributed by atoms with Crippen LogP contribution in [0.1, 0.15) is 17.0 Å². The molecule has 0 fully saturated rings. The van der Waals surface area contributed by atoms with Crippen LogP contribution in [-0.2, 0) is 11.3 Å². The minimum atomic E-state index is -1.23. The highest BCUT2D eigenvalue weighted by Gasteiger charge is 2.28. The van der Waals surface area contributed by atoms with Crippen molar-refractivity contribution in [3.8, 4) is 0 Å². The van der Waals surface area contributed by atoms with E-state index in [1.54, 1.807) is 0 Å². The average Bonchev–Trinajstić information content (AvgIpc) is 2.79. The first-order chi connectivity index (χ1) is 8.63. The zero-order chi connectivity index (χ0) is 13.1. The Morgan fingerprint density at radius 2 is 2.28 bits per heavy atom. The fourth-order valence-electron chi connectivity index (χ4n) is 1.63. The van der Waals surface area contributed by atoms with Crippen LogP contribution >= 0.6 is 0 Å². The summed E-state index contributed by atoms with van der Waals surface area (Å²) in [5.41, 5.74) is 0. The number of fused-ring (bicyclic) bond motifs is 1. The Labute approximate surface area is 102 Å². The maximum atomic E-state index is 11.7. The lowest BCUT2D eigenvalue weighted by Crippen LogP contribution is -2.38. The van der Waals surface area contributed by atoms with Gasteiger partial charge in [0.15, 0.2) is 0 Å². The number of rotatable bonds is 3. The number of hydrogen-bond donors (Lipinski definition) is 1. The molecule has 18 heavy (non-hydrogen) atoms. The molecule has 96 valence electrons. The molecule has 1 amide bonds. The van der Waals surface area contributed by atoms with Crippen LogP contribution < -0.4 is 4.90 Å². The van der Waals surface area contributed by atoms with Gasteiger partial charge in [0, 0.05) is 13.1 Å². The van der Waals surface area contributed by atoms with Crippen LogP contribution in [0.25, 0.3) is 0 Å². The number of ether oxygens (including phenoxy) is 1. The number of aromatic carboxylic acids is 1. The number of anilines is 1. The molecule has 0 saturated carbocycles. The van der Waals surface area contributed by atoms with E-state index >= 15 is 0 Å². The van der Waals surface area contributed by atoms with Gasteiger partial charge in [0.1, 0.15) is 6.61 Å². The van der Waals surface area contributed by atoms with Gasteiger partial charge in [-0.25, -0.2) is 19.2 Å². The number of aryl methyl sites for hydroxylation is 1. The summed E-state index contributed by atoms with van der Waals surface area (Å²) in [7, 11) is 0. The van der Waals surface area contributed by atoms with E-state index in [4.69, 9.17) is 9.84 Å². The Morgan fingerprint density at radius 3 is 2.94 bits per heavy atom. The first kappa shape index (κ1) is 12.1. The molecule has 0 aromatic carbocycles. The SMILES string of the molecule is C=CCOC(=O)N1CCCn2nc(C(=O)O)nc21. The second-order valence-corrected chi connectivity index (χ2v) is 3.63. The molecule has 1 aliphatic rings. The summed E-state index contributed by atoms with van der Waals surface area (Å²) in [5.74, 6) is -1.35. The number of carboxylic acid groups (broad SMARTS) is 1. The van der Waals surface area contributed by atoms with Crippen LogP contribution in [0, 0.1) is 0 Å². The summed E-state index contributed by atoms with van der Waals surface area (Å²) in [5, 5.41) is 12.6. The summed E-state index contributed by atoms with van der Waals surface area (Å²) < 4.78 is 6.29. The predicted molar refractivity (Wildman–Crippen MR) is 60.5 cm³/mol. The van der Waals surface area contributed by atoms with Crippen LogP contribution in [-0.4, -0.2) is 45.1 Å². The number of aromatic nitrogens is 3.